The van der Waals surface area contributed by atoms with Crippen molar-refractivity contribution in [2.75, 3.05) is 0 Å². The molecule has 21 heavy (non-hydrogen) atoms. The van der Waals surface area contributed by atoms with Crippen molar-refractivity contribution in [3.63, 3.8) is 0 Å². The van der Waals surface area contributed by atoms with E-state index in [0.29, 0.717) is 12.4 Å². The van der Waals surface area contributed by atoms with Gasteiger partial charge in [-0.1, -0.05) is 25.5 Å². The molecular weight excluding hydrogens is 260 g/mol. The van der Waals surface area contributed by atoms with Gasteiger partial charge in [0.05, 0.1) is 0 Å². The third kappa shape index (κ3) is 4.05. The summed E-state index contributed by atoms with van der Waals surface area (Å²) in [5, 5.41) is 0. The van der Waals surface area contributed by atoms with E-state index in [1.807, 2.05) is 32.0 Å². The third-order valence-electron chi connectivity index (χ3n) is 3.60. The summed E-state index contributed by atoms with van der Waals surface area (Å²) in [6.07, 6.45) is 3.55. The van der Waals surface area contributed by atoms with Crippen LogP contribution in [0.4, 0.5) is 0 Å². The topological polar surface area (TPSA) is 48.1 Å². The fraction of sp³-hybridized carbons (Fsp3) is 0.389. The first kappa shape index (κ1) is 15.5. The standard InChI is InChI=1S/C18H24N2O/c1-4-5-6-15-7-9-16(10-8-15)21-18-17(12-19)13(2)11-14(3)20-18/h7-11H,4-6,12,19H2,1-3H3. The van der Waals surface area contributed by atoms with Crippen LogP contribution < -0.4 is 10.5 Å². The summed E-state index contributed by atoms with van der Waals surface area (Å²) < 4.78 is 5.93. The van der Waals surface area contributed by atoms with Crippen LogP contribution >= 0.6 is 0 Å². The van der Waals surface area contributed by atoms with Crippen molar-refractivity contribution in [3.05, 3.63) is 52.7 Å². The molecule has 0 unspecified atom stereocenters. The Hall–Kier alpha value is -1.87. The van der Waals surface area contributed by atoms with E-state index in [4.69, 9.17) is 10.5 Å². The Bertz CT molecular complexity index is 591. The van der Waals surface area contributed by atoms with Gasteiger partial charge >= 0.3 is 0 Å². The Labute approximate surface area is 127 Å². The quantitative estimate of drug-likeness (QED) is 0.860. The molecule has 2 N–H and O–H groups in total. The zero-order valence-corrected chi connectivity index (χ0v) is 13.1. The van der Waals surface area contributed by atoms with E-state index in [-0.39, 0.29) is 0 Å². The maximum absolute atomic E-state index is 5.93. The van der Waals surface area contributed by atoms with E-state index in [1.54, 1.807) is 0 Å². The first-order valence-corrected chi connectivity index (χ1v) is 7.58. The first-order chi connectivity index (χ1) is 10.1. The van der Waals surface area contributed by atoms with Gasteiger partial charge < -0.3 is 10.5 Å². The molecular formula is C18H24N2O. The number of benzene rings is 1. The number of ether oxygens (including phenoxy) is 1. The minimum absolute atomic E-state index is 0.434. The van der Waals surface area contributed by atoms with Gasteiger partial charge in [-0.25, -0.2) is 4.98 Å². The highest BCUT2D eigenvalue weighted by molar-refractivity contribution is 5.39. The maximum atomic E-state index is 5.93. The summed E-state index contributed by atoms with van der Waals surface area (Å²) in [5.41, 5.74) is 10.2. The molecule has 0 atom stereocenters. The predicted molar refractivity (Wildman–Crippen MR) is 86.7 cm³/mol. The number of aromatic nitrogens is 1. The summed E-state index contributed by atoms with van der Waals surface area (Å²) in [6.45, 7) is 6.65. The lowest BCUT2D eigenvalue weighted by Gasteiger charge is -2.12. The van der Waals surface area contributed by atoms with Gasteiger partial charge in [-0.15, -0.1) is 0 Å². The van der Waals surface area contributed by atoms with Gasteiger partial charge in [0, 0.05) is 17.8 Å². The second-order valence-corrected chi connectivity index (χ2v) is 5.42. The number of hydrogen-bond donors (Lipinski definition) is 1. The normalized spacial score (nSPS) is 10.7. The number of unbranched alkanes of at least 4 members (excludes halogenated alkanes) is 1. The summed E-state index contributed by atoms with van der Waals surface area (Å²) >= 11 is 0. The Balaban J connectivity index is 2.18. The number of rotatable bonds is 6. The van der Waals surface area contributed by atoms with Crippen LogP contribution in [-0.2, 0) is 13.0 Å². The molecule has 0 aliphatic carbocycles. The second-order valence-electron chi connectivity index (χ2n) is 5.42. The molecule has 3 nitrogen and oxygen atoms in total. The van der Waals surface area contributed by atoms with Gasteiger partial charge in [0.2, 0.25) is 5.88 Å². The minimum atomic E-state index is 0.434. The van der Waals surface area contributed by atoms with E-state index in [2.05, 4.69) is 24.0 Å². The van der Waals surface area contributed by atoms with Gasteiger partial charge in [-0.3, -0.25) is 0 Å². The number of hydrogen-bond acceptors (Lipinski definition) is 3. The molecule has 0 aliphatic rings. The number of nitrogens with two attached hydrogens (primary N) is 1. The molecule has 0 radical (unpaired) electrons. The summed E-state index contributed by atoms with van der Waals surface area (Å²) in [6, 6.07) is 10.3. The Morgan fingerprint density at radius 2 is 1.86 bits per heavy atom. The lowest BCUT2D eigenvalue weighted by atomic mass is 10.1. The minimum Gasteiger partial charge on any atom is -0.439 e. The molecule has 2 rings (SSSR count). The fourth-order valence-corrected chi connectivity index (χ4v) is 2.38. The van der Waals surface area contributed by atoms with Crippen LogP contribution in [0.25, 0.3) is 0 Å². The molecule has 0 aliphatic heterocycles. The van der Waals surface area contributed by atoms with E-state index >= 15 is 0 Å². The van der Waals surface area contributed by atoms with Crippen LogP contribution in [0.15, 0.2) is 30.3 Å². The molecule has 0 spiro atoms. The lowest BCUT2D eigenvalue weighted by Crippen LogP contribution is -2.05. The predicted octanol–water partition coefficient (Wildman–Crippen LogP) is 4.29. The molecule has 0 bridgehead atoms. The van der Waals surface area contributed by atoms with E-state index < -0.39 is 0 Å². The second kappa shape index (κ2) is 7.23. The average molecular weight is 284 g/mol. The van der Waals surface area contributed by atoms with Crippen molar-refractivity contribution in [3.8, 4) is 11.6 Å². The third-order valence-corrected chi connectivity index (χ3v) is 3.60. The highest BCUT2D eigenvalue weighted by Gasteiger charge is 2.09. The molecule has 0 saturated heterocycles. The van der Waals surface area contributed by atoms with E-state index in [9.17, 15) is 0 Å². The molecule has 0 fully saturated rings. The van der Waals surface area contributed by atoms with Crippen LogP contribution in [0.2, 0.25) is 0 Å². The largest absolute Gasteiger partial charge is 0.439 e. The SMILES string of the molecule is CCCCc1ccc(Oc2nc(C)cc(C)c2CN)cc1. The first-order valence-electron chi connectivity index (χ1n) is 7.58. The Kier molecular flexibility index (Phi) is 5.34. The number of nitrogens with zero attached hydrogens (tertiary/aromatic N) is 1. The molecule has 1 aromatic carbocycles. The van der Waals surface area contributed by atoms with Crippen LogP contribution in [0, 0.1) is 13.8 Å². The molecule has 0 amide bonds. The van der Waals surface area contributed by atoms with Crippen molar-refractivity contribution in [1.82, 2.24) is 4.98 Å². The van der Waals surface area contributed by atoms with Gasteiger partial charge in [-0.2, -0.15) is 0 Å². The van der Waals surface area contributed by atoms with Crippen molar-refractivity contribution in [2.45, 2.75) is 46.6 Å². The van der Waals surface area contributed by atoms with Crippen molar-refractivity contribution >= 4 is 0 Å². The van der Waals surface area contributed by atoms with Crippen molar-refractivity contribution in [1.29, 1.82) is 0 Å². The van der Waals surface area contributed by atoms with Crippen molar-refractivity contribution < 1.29 is 4.74 Å². The highest BCUT2D eigenvalue weighted by atomic mass is 16.5. The van der Waals surface area contributed by atoms with Gasteiger partial charge in [0.1, 0.15) is 5.75 Å². The number of aryl methyl sites for hydroxylation is 3. The maximum Gasteiger partial charge on any atom is 0.224 e. The molecule has 2 aromatic rings. The molecule has 1 heterocycles. The van der Waals surface area contributed by atoms with Crippen molar-refractivity contribution in [2.24, 2.45) is 5.73 Å². The van der Waals surface area contributed by atoms with Gasteiger partial charge in [0.25, 0.3) is 0 Å². The summed E-state index contributed by atoms with van der Waals surface area (Å²) in [7, 11) is 0. The van der Waals surface area contributed by atoms with Crippen LogP contribution in [0.3, 0.4) is 0 Å². The summed E-state index contributed by atoms with van der Waals surface area (Å²) in [5.74, 6) is 1.43. The van der Waals surface area contributed by atoms with Crippen LogP contribution in [0.1, 0.15) is 42.1 Å². The zero-order chi connectivity index (χ0) is 15.2. The Morgan fingerprint density at radius 3 is 2.48 bits per heavy atom. The smallest absolute Gasteiger partial charge is 0.224 e. The fourth-order valence-electron chi connectivity index (χ4n) is 2.38. The van der Waals surface area contributed by atoms with E-state index in [1.165, 1.54) is 18.4 Å². The zero-order valence-electron chi connectivity index (χ0n) is 13.1. The van der Waals surface area contributed by atoms with E-state index in [0.717, 1.165) is 29.0 Å². The van der Waals surface area contributed by atoms with Crippen LogP contribution in [-0.4, -0.2) is 4.98 Å². The van der Waals surface area contributed by atoms with Gasteiger partial charge in [-0.05, 0) is 56.0 Å². The average Bonchev–Trinajstić information content (AvgIpc) is 2.46. The highest BCUT2D eigenvalue weighted by Crippen LogP contribution is 2.26. The molecule has 0 saturated carbocycles. The monoisotopic (exact) mass is 284 g/mol. The lowest BCUT2D eigenvalue weighted by molar-refractivity contribution is 0.454. The Morgan fingerprint density at radius 1 is 1.14 bits per heavy atom. The molecule has 1 aromatic heterocycles. The van der Waals surface area contributed by atoms with Gasteiger partial charge in [0.15, 0.2) is 0 Å². The molecule has 112 valence electrons. The number of pyridine rings is 1. The van der Waals surface area contributed by atoms with Crippen LogP contribution in [0.5, 0.6) is 11.6 Å². The summed E-state index contributed by atoms with van der Waals surface area (Å²) in [4.78, 5) is 4.47. The molecule has 3 heteroatoms.